The van der Waals surface area contributed by atoms with Crippen molar-refractivity contribution < 1.29 is 8.42 Å². The molecule has 114 valence electrons. The second-order valence-corrected chi connectivity index (χ2v) is 8.42. The number of sulfone groups is 1. The third-order valence-corrected chi connectivity index (χ3v) is 6.45. The molecule has 1 aliphatic heterocycles. The molecule has 3 heterocycles. The smallest absolute Gasteiger partial charge is 0.160 e. The fraction of sp³-hybridized carbons (Fsp3) is 0.538. The Morgan fingerprint density at radius 1 is 1.43 bits per heavy atom. The van der Waals surface area contributed by atoms with Gasteiger partial charge in [0.15, 0.2) is 15.5 Å². The highest BCUT2D eigenvalue weighted by Crippen LogP contribution is 2.25. The number of alkyl halides is 1. The van der Waals surface area contributed by atoms with Crippen LogP contribution in [0, 0.1) is 0 Å². The first-order valence-electron chi connectivity index (χ1n) is 6.79. The number of fused-ring (bicyclic) bond motifs is 1. The fourth-order valence-electron chi connectivity index (χ4n) is 2.77. The minimum Gasteiger partial charge on any atom is -0.311 e. The number of aryl methyl sites for hydroxylation is 1. The molecule has 8 heteroatoms. The standard InChI is InChI=1S/C13H15Cl2N3O2S/c14-4-3-12-17-11-6-9(15)7-16-13(11)18(12)8-10-2-1-5-21(10,19)20/h6-7,10H,1-5,8H2. The summed E-state index contributed by atoms with van der Waals surface area (Å²) in [7, 11) is -3.01. The second-order valence-electron chi connectivity index (χ2n) is 5.21. The van der Waals surface area contributed by atoms with Gasteiger partial charge in [0.2, 0.25) is 0 Å². The van der Waals surface area contributed by atoms with E-state index in [4.69, 9.17) is 23.2 Å². The zero-order valence-electron chi connectivity index (χ0n) is 11.3. The molecule has 0 aromatic carbocycles. The Balaban J connectivity index is 2.05. The first kappa shape index (κ1) is 15.1. The number of nitrogens with zero attached hydrogens (tertiary/aromatic N) is 3. The average molecular weight is 348 g/mol. The Labute approximate surface area is 133 Å². The maximum absolute atomic E-state index is 12.0. The molecule has 21 heavy (non-hydrogen) atoms. The normalized spacial score (nSPS) is 21.1. The maximum Gasteiger partial charge on any atom is 0.160 e. The molecule has 0 saturated carbocycles. The molecule has 0 amide bonds. The molecular weight excluding hydrogens is 333 g/mol. The first-order chi connectivity index (χ1) is 10.0. The van der Waals surface area contributed by atoms with Gasteiger partial charge in [0.05, 0.1) is 16.0 Å². The van der Waals surface area contributed by atoms with Gasteiger partial charge in [-0.05, 0) is 18.9 Å². The van der Waals surface area contributed by atoms with Gasteiger partial charge in [-0.2, -0.15) is 0 Å². The van der Waals surface area contributed by atoms with Crippen LogP contribution >= 0.6 is 23.2 Å². The van der Waals surface area contributed by atoms with Crippen LogP contribution in [0.2, 0.25) is 5.02 Å². The molecule has 3 rings (SSSR count). The maximum atomic E-state index is 12.0. The van der Waals surface area contributed by atoms with Gasteiger partial charge in [0, 0.05) is 25.0 Å². The van der Waals surface area contributed by atoms with E-state index in [1.807, 2.05) is 4.57 Å². The highest BCUT2D eigenvalue weighted by molar-refractivity contribution is 7.92. The Kier molecular flexibility index (Phi) is 4.12. The summed E-state index contributed by atoms with van der Waals surface area (Å²) in [6.45, 7) is 0.389. The van der Waals surface area contributed by atoms with Crippen LogP contribution in [0.15, 0.2) is 12.3 Å². The molecule has 5 nitrogen and oxygen atoms in total. The molecule has 1 aliphatic rings. The van der Waals surface area contributed by atoms with Crippen LogP contribution in [0.5, 0.6) is 0 Å². The summed E-state index contributed by atoms with van der Waals surface area (Å²) in [4.78, 5) is 8.79. The van der Waals surface area contributed by atoms with Crippen molar-refractivity contribution in [2.24, 2.45) is 0 Å². The summed E-state index contributed by atoms with van der Waals surface area (Å²) in [6.07, 6.45) is 3.54. The Hall–Kier alpha value is -0.850. The number of imidazole rings is 1. The SMILES string of the molecule is O=S1(=O)CCCC1Cn1c(CCCl)nc2cc(Cl)cnc21. The van der Waals surface area contributed by atoms with Crippen molar-refractivity contribution in [1.82, 2.24) is 14.5 Å². The van der Waals surface area contributed by atoms with E-state index in [9.17, 15) is 8.42 Å². The van der Waals surface area contributed by atoms with Gasteiger partial charge in [0.25, 0.3) is 0 Å². The molecule has 2 aromatic heterocycles. The van der Waals surface area contributed by atoms with Crippen molar-refractivity contribution in [1.29, 1.82) is 0 Å². The minimum atomic E-state index is -3.01. The molecule has 1 fully saturated rings. The Morgan fingerprint density at radius 2 is 2.24 bits per heavy atom. The highest BCUT2D eigenvalue weighted by atomic mass is 35.5. The van der Waals surface area contributed by atoms with Gasteiger partial charge in [-0.25, -0.2) is 18.4 Å². The quantitative estimate of drug-likeness (QED) is 0.796. The third kappa shape index (κ3) is 2.89. The third-order valence-electron chi connectivity index (χ3n) is 3.80. The van der Waals surface area contributed by atoms with Crippen molar-refractivity contribution in [3.63, 3.8) is 0 Å². The Morgan fingerprint density at radius 3 is 2.90 bits per heavy atom. The molecule has 0 N–H and O–H groups in total. The highest BCUT2D eigenvalue weighted by Gasteiger charge is 2.32. The van der Waals surface area contributed by atoms with Crippen molar-refractivity contribution >= 4 is 44.2 Å². The van der Waals surface area contributed by atoms with Crippen molar-refractivity contribution in [2.45, 2.75) is 31.1 Å². The number of hydrogen-bond acceptors (Lipinski definition) is 4. The lowest BCUT2D eigenvalue weighted by molar-refractivity contribution is 0.562. The molecular formula is C13H15Cl2N3O2S. The summed E-state index contributed by atoms with van der Waals surface area (Å²) >= 11 is 11.8. The van der Waals surface area contributed by atoms with E-state index in [1.54, 1.807) is 12.3 Å². The molecule has 0 radical (unpaired) electrons. The first-order valence-corrected chi connectivity index (χ1v) is 9.42. The van der Waals surface area contributed by atoms with Gasteiger partial charge in [-0.1, -0.05) is 11.6 Å². The van der Waals surface area contributed by atoms with E-state index in [1.165, 1.54) is 0 Å². The molecule has 2 aromatic rings. The van der Waals surface area contributed by atoms with Crippen LogP contribution < -0.4 is 0 Å². The summed E-state index contributed by atoms with van der Waals surface area (Å²) < 4.78 is 26.0. The lowest BCUT2D eigenvalue weighted by Crippen LogP contribution is -2.23. The second kappa shape index (κ2) is 5.74. The molecule has 0 spiro atoms. The van der Waals surface area contributed by atoms with E-state index in [0.717, 1.165) is 12.2 Å². The van der Waals surface area contributed by atoms with Crippen LogP contribution in [0.25, 0.3) is 11.2 Å². The van der Waals surface area contributed by atoms with E-state index < -0.39 is 9.84 Å². The summed E-state index contributed by atoms with van der Waals surface area (Å²) in [5.74, 6) is 1.46. The van der Waals surface area contributed by atoms with Crippen LogP contribution in [0.4, 0.5) is 0 Å². The van der Waals surface area contributed by atoms with Crippen LogP contribution in [-0.4, -0.2) is 39.8 Å². The van der Waals surface area contributed by atoms with Gasteiger partial charge in [-0.15, -0.1) is 11.6 Å². The minimum absolute atomic E-state index is 0.272. The summed E-state index contributed by atoms with van der Waals surface area (Å²) in [5.41, 5.74) is 1.35. The molecule has 0 bridgehead atoms. The van der Waals surface area contributed by atoms with E-state index in [2.05, 4.69) is 9.97 Å². The lowest BCUT2D eigenvalue weighted by Gasteiger charge is -2.13. The number of aromatic nitrogens is 3. The lowest BCUT2D eigenvalue weighted by atomic mass is 10.2. The number of pyridine rings is 1. The van der Waals surface area contributed by atoms with E-state index in [-0.39, 0.29) is 11.0 Å². The van der Waals surface area contributed by atoms with Crippen LogP contribution in [0.1, 0.15) is 18.7 Å². The van der Waals surface area contributed by atoms with Crippen LogP contribution in [0.3, 0.4) is 0 Å². The number of rotatable bonds is 4. The Bertz CT molecular complexity index is 773. The van der Waals surface area contributed by atoms with Gasteiger partial charge in [-0.3, -0.25) is 0 Å². The van der Waals surface area contributed by atoms with Crippen molar-refractivity contribution in [3.05, 3.63) is 23.1 Å². The van der Waals surface area contributed by atoms with Gasteiger partial charge in [0.1, 0.15) is 11.3 Å². The molecule has 1 saturated heterocycles. The molecule has 1 unspecified atom stereocenters. The summed E-state index contributed by atoms with van der Waals surface area (Å²) in [5, 5.41) is 0.152. The monoisotopic (exact) mass is 347 g/mol. The molecule has 0 aliphatic carbocycles. The van der Waals surface area contributed by atoms with Gasteiger partial charge < -0.3 is 4.57 Å². The zero-order valence-corrected chi connectivity index (χ0v) is 13.6. The average Bonchev–Trinajstić information content (AvgIpc) is 2.91. The molecule has 1 atom stereocenters. The summed E-state index contributed by atoms with van der Waals surface area (Å²) in [6, 6.07) is 1.74. The van der Waals surface area contributed by atoms with Crippen molar-refractivity contribution in [2.75, 3.05) is 11.6 Å². The zero-order chi connectivity index (χ0) is 15.0. The van der Waals surface area contributed by atoms with E-state index >= 15 is 0 Å². The van der Waals surface area contributed by atoms with Gasteiger partial charge >= 0.3 is 0 Å². The van der Waals surface area contributed by atoms with Crippen molar-refractivity contribution in [3.8, 4) is 0 Å². The topological polar surface area (TPSA) is 64.8 Å². The van der Waals surface area contributed by atoms with Crippen LogP contribution in [-0.2, 0) is 22.8 Å². The number of halogens is 2. The van der Waals surface area contributed by atoms with E-state index in [0.29, 0.717) is 41.5 Å². The number of hydrogen-bond donors (Lipinski definition) is 0. The predicted molar refractivity (Wildman–Crippen MR) is 83.8 cm³/mol. The fourth-order valence-corrected chi connectivity index (χ4v) is 4.89. The predicted octanol–water partition coefficient (Wildman–Crippen LogP) is 2.44. The largest absolute Gasteiger partial charge is 0.311 e.